The predicted octanol–water partition coefficient (Wildman–Crippen LogP) is 3.35. The van der Waals surface area contributed by atoms with Crippen molar-refractivity contribution in [2.45, 2.75) is 88.1 Å². The van der Waals surface area contributed by atoms with Gasteiger partial charge in [-0.25, -0.2) is 4.79 Å². The fourth-order valence-electron chi connectivity index (χ4n) is 5.85. The first-order valence-corrected chi connectivity index (χ1v) is 16.3. The van der Waals surface area contributed by atoms with E-state index in [1.165, 1.54) is 6.92 Å². The van der Waals surface area contributed by atoms with Gasteiger partial charge in [-0.1, -0.05) is 96.1 Å². The van der Waals surface area contributed by atoms with Crippen LogP contribution in [0.25, 0.3) is 10.4 Å². The summed E-state index contributed by atoms with van der Waals surface area (Å²) in [5.41, 5.74) is 12.1. The molecule has 2 fully saturated rings. The molecule has 1 unspecified atom stereocenters. The minimum atomic E-state index is -1.84. The van der Waals surface area contributed by atoms with Crippen LogP contribution in [0.3, 0.4) is 0 Å². The fourth-order valence-corrected chi connectivity index (χ4v) is 5.85. The van der Waals surface area contributed by atoms with Crippen molar-refractivity contribution in [3.05, 3.63) is 118 Å². The van der Waals surface area contributed by atoms with Gasteiger partial charge in [0.15, 0.2) is 18.7 Å². The molecule has 3 aromatic rings. The Hall–Kier alpha value is -4.41. The standard InChI is InChI=1S/C36H41N3O12/c1-22(40)45-21-26-29(46-18-23-12-6-3-7-13-23)30(47-19-24-14-8-4-9-15-24)27(38-39-37)36(49-26)51-32-31(48-20-25-16-10-5-11-17-25)28(41)34(42)50-33(32)35(43)44-2/h3-17,26-34,36,41-42H,18-21H2,1-2H3/t26-,27-,28-,29-,30-,31-,32+,33+,34?,36-/m1/s1. The number of nitrogens with zero attached hydrogens (tertiary/aromatic N) is 3. The second-order valence-corrected chi connectivity index (χ2v) is 11.9. The highest BCUT2D eigenvalue weighted by Gasteiger charge is 2.54. The monoisotopic (exact) mass is 707 g/mol. The van der Waals surface area contributed by atoms with E-state index in [-0.39, 0.29) is 26.4 Å². The quantitative estimate of drug-likeness (QED) is 0.101. The number of hydrogen-bond acceptors (Lipinski definition) is 13. The van der Waals surface area contributed by atoms with Crippen LogP contribution in [-0.4, -0.2) is 97.2 Å². The molecular formula is C36H41N3O12. The van der Waals surface area contributed by atoms with Crippen molar-refractivity contribution in [1.82, 2.24) is 0 Å². The molecule has 2 saturated heterocycles. The Kier molecular flexibility index (Phi) is 13.9. The topological polar surface area (TPSA) is 197 Å². The second-order valence-electron chi connectivity index (χ2n) is 11.9. The zero-order chi connectivity index (χ0) is 36.2. The summed E-state index contributed by atoms with van der Waals surface area (Å²) >= 11 is 0. The molecule has 272 valence electrons. The van der Waals surface area contributed by atoms with Crippen molar-refractivity contribution >= 4 is 11.9 Å². The maximum Gasteiger partial charge on any atom is 0.337 e. The average Bonchev–Trinajstić information content (AvgIpc) is 3.15. The molecule has 0 bridgehead atoms. The van der Waals surface area contributed by atoms with Gasteiger partial charge in [-0.3, -0.25) is 4.79 Å². The number of benzene rings is 3. The van der Waals surface area contributed by atoms with Crippen molar-refractivity contribution in [3.8, 4) is 0 Å². The van der Waals surface area contributed by atoms with Crippen LogP contribution in [0, 0.1) is 0 Å². The predicted molar refractivity (Wildman–Crippen MR) is 177 cm³/mol. The second kappa shape index (κ2) is 18.7. The molecule has 2 heterocycles. The van der Waals surface area contributed by atoms with Crippen LogP contribution in [0.15, 0.2) is 96.1 Å². The lowest BCUT2D eigenvalue weighted by Crippen LogP contribution is -2.65. The summed E-state index contributed by atoms with van der Waals surface area (Å²) in [6.07, 6.45) is -12.6. The summed E-state index contributed by atoms with van der Waals surface area (Å²) in [6, 6.07) is 26.3. The minimum Gasteiger partial charge on any atom is -0.467 e. The van der Waals surface area contributed by atoms with Crippen LogP contribution in [-0.2, 0) is 67.3 Å². The highest BCUT2D eigenvalue weighted by atomic mass is 16.7. The summed E-state index contributed by atoms with van der Waals surface area (Å²) in [7, 11) is 1.12. The Bertz CT molecular complexity index is 1580. The first-order valence-electron chi connectivity index (χ1n) is 16.3. The third-order valence-electron chi connectivity index (χ3n) is 8.37. The molecule has 0 spiro atoms. The Labute approximate surface area is 294 Å². The van der Waals surface area contributed by atoms with E-state index in [9.17, 15) is 25.3 Å². The van der Waals surface area contributed by atoms with Gasteiger partial charge in [-0.15, -0.1) is 0 Å². The molecule has 0 saturated carbocycles. The van der Waals surface area contributed by atoms with Crippen molar-refractivity contribution < 1.29 is 57.7 Å². The van der Waals surface area contributed by atoms with Gasteiger partial charge < -0.3 is 48.1 Å². The zero-order valence-corrected chi connectivity index (χ0v) is 28.1. The van der Waals surface area contributed by atoms with E-state index in [1.807, 2.05) is 66.7 Å². The van der Waals surface area contributed by atoms with Gasteiger partial charge in [0.05, 0.1) is 26.9 Å². The van der Waals surface area contributed by atoms with Crippen LogP contribution in [0.4, 0.5) is 0 Å². The summed E-state index contributed by atoms with van der Waals surface area (Å²) in [5, 5.41) is 25.7. The lowest BCUT2D eigenvalue weighted by molar-refractivity contribution is -0.344. The van der Waals surface area contributed by atoms with Crippen molar-refractivity contribution in [1.29, 1.82) is 0 Å². The number of azide groups is 1. The van der Waals surface area contributed by atoms with Gasteiger partial charge >= 0.3 is 11.9 Å². The fraction of sp³-hybridized carbons (Fsp3) is 0.444. The van der Waals surface area contributed by atoms with E-state index in [1.54, 1.807) is 24.3 Å². The van der Waals surface area contributed by atoms with Gasteiger partial charge in [-0.2, -0.15) is 0 Å². The van der Waals surface area contributed by atoms with Gasteiger partial charge in [0.2, 0.25) is 0 Å². The van der Waals surface area contributed by atoms with Crippen LogP contribution < -0.4 is 0 Å². The van der Waals surface area contributed by atoms with E-state index in [4.69, 9.17) is 37.9 Å². The number of rotatable bonds is 15. The Balaban J connectivity index is 1.51. The van der Waals surface area contributed by atoms with E-state index in [2.05, 4.69) is 10.0 Å². The molecule has 2 aliphatic rings. The molecule has 0 aromatic heterocycles. The van der Waals surface area contributed by atoms with Gasteiger partial charge in [0.1, 0.15) is 49.3 Å². The van der Waals surface area contributed by atoms with Crippen LogP contribution in [0.1, 0.15) is 23.6 Å². The van der Waals surface area contributed by atoms with Gasteiger partial charge in [0.25, 0.3) is 0 Å². The highest BCUT2D eigenvalue weighted by Crippen LogP contribution is 2.35. The molecule has 51 heavy (non-hydrogen) atoms. The Morgan fingerprint density at radius 2 is 1.27 bits per heavy atom. The van der Waals surface area contributed by atoms with Crippen molar-refractivity contribution in [3.63, 3.8) is 0 Å². The number of methoxy groups -OCH3 is 1. The normalized spacial score (nSPS) is 29.0. The molecular weight excluding hydrogens is 666 g/mol. The Morgan fingerprint density at radius 1 is 0.765 bits per heavy atom. The van der Waals surface area contributed by atoms with Crippen LogP contribution in [0.5, 0.6) is 0 Å². The molecule has 15 heteroatoms. The van der Waals surface area contributed by atoms with Gasteiger partial charge in [0, 0.05) is 11.8 Å². The molecule has 0 aliphatic carbocycles. The number of carbonyl (C=O) groups excluding carboxylic acids is 2. The highest BCUT2D eigenvalue weighted by molar-refractivity contribution is 5.75. The molecule has 0 amide bonds. The van der Waals surface area contributed by atoms with E-state index in [0.717, 1.165) is 23.8 Å². The lowest BCUT2D eigenvalue weighted by atomic mass is 9.95. The molecule has 5 rings (SSSR count). The largest absolute Gasteiger partial charge is 0.467 e. The summed E-state index contributed by atoms with van der Waals surface area (Å²) < 4.78 is 47.4. The summed E-state index contributed by atoms with van der Waals surface area (Å²) in [6.45, 7) is 1.06. The summed E-state index contributed by atoms with van der Waals surface area (Å²) in [5.74, 6) is -1.53. The zero-order valence-electron chi connectivity index (χ0n) is 28.1. The number of carbonyl (C=O) groups is 2. The number of hydrogen-bond donors (Lipinski definition) is 2. The first-order chi connectivity index (χ1) is 24.8. The minimum absolute atomic E-state index is 0.0401. The molecule has 2 N–H and O–H groups in total. The number of ether oxygens (including phenoxy) is 8. The van der Waals surface area contributed by atoms with Crippen molar-refractivity contribution in [2.75, 3.05) is 13.7 Å². The molecule has 0 radical (unpaired) electrons. The summed E-state index contributed by atoms with van der Waals surface area (Å²) in [4.78, 5) is 28.1. The van der Waals surface area contributed by atoms with Crippen LogP contribution >= 0.6 is 0 Å². The lowest BCUT2D eigenvalue weighted by Gasteiger charge is -2.48. The van der Waals surface area contributed by atoms with E-state index in [0.29, 0.717) is 0 Å². The third-order valence-corrected chi connectivity index (χ3v) is 8.37. The first kappa shape index (κ1) is 37.8. The Morgan fingerprint density at radius 3 is 1.76 bits per heavy atom. The molecule has 15 nitrogen and oxygen atoms in total. The molecule has 3 aromatic carbocycles. The molecule has 2 aliphatic heterocycles. The third kappa shape index (κ3) is 10.1. The molecule has 10 atom stereocenters. The smallest absolute Gasteiger partial charge is 0.337 e. The number of aliphatic hydroxyl groups excluding tert-OH is 2. The average molecular weight is 708 g/mol. The number of aliphatic hydroxyl groups is 2. The maximum atomic E-state index is 13.0. The van der Waals surface area contributed by atoms with E-state index >= 15 is 0 Å². The van der Waals surface area contributed by atoms with E-state index < -0.39 is 73.3 Å². The SMILES string of the molecule is COC(=O)[C@H]1OC(O)[C@H](O)[C@@H](OCc2ccccc2)[C@@H]1O[C@H]1O[C@H](COC(C)=O)[C@@H](OCc2ccccc2)[C@H](OCc2ccccc2)[C@H]1N=[N+]=[N-]. The van der Waals surface area contributed by atoms with Gasteiger partial charge in [-0.05, 0) is 22.2 Å². The van der Waals surface area contributed by atoms with Crippen molar-refractivity contribution in [2.24, 2.45) is 5.11 Å². The maximum absolute atomic E-state index is 13.0. The van der Waals surface area contributed by atoms with Crippen LogP contribution in [0.2, 0.25) is 0 Å². The number of esters is 2.